The van der Waals surface area contributed by atoms with E-state index in [2.05, 4.69) is 4.99 Å². The van der Waals surface area contributed by atoms with Crippen LogP contribution in [0.15, 0.2) is 47.5 Å². The lowest BCUT2D eigenvalue weighted by atomic mass is 10.0. The molecule has 3 rings (SSSR count). The number of aryl methyl sites for hydroxylation is 1. The first-order valence-corrected chi connectivity index (χ1v) is 9.78. The van der Waals surface area contributed by atoms with Crippen LogP contribution < -0.4 is 0 Å². The maximum atomic E-state index is 13.1. The molecule has 0 bridgehead atoms. The number of hydrogen-bond acceptors (Lipinski definition) is 3. The smallest absolute Gasteiger partial charge is 0.286 e. The van der Waals surface area contributed by atoms with E-state index < -0.39 is 35.0 Å². The Kier molecular flexibility index (Phi) is 6.16. The van der Waals surface area contributed by atoms with Crippen molar-refractivity contribution in [3.8, 4) is 0 Å². The Labute approximate surface area is 172 Å². The summed E-state index contributed by atoms with van der Waals surface area (Å²) in [6, 6.07) is 8.42. The number of amides is 1. The van der Waals surface area contributed by atoms with Gasteiger partial charge in [-0.05, 0) is 36.2 Å². The van der Waals surface area contributed by atoms with Crippen LogP contribution in [0.3, 0.4) is 0 Å². The molecule has 0 atom stereocenters. The molecule has 0 spiro atoms. The second-order valence-corrected chi connectivity index (χ2v) is 7.57. The highest BCUT2D eigenvalue weighted by Gasteiger charge is 2.38. The van der Waals surface area contributed by atoms with Gasteiger partial charge in [0.2, 0.25) is 0 Å². The Bertz CT molecular complexity index is 952. The number of aliphatic imine (C=N–C) groups is 1. The average molecular weight is 446 g/mol. The molecule has 0 aliphatic carbocycles. The average Bonchev–Trinajstić information content (AvgIpc) is 3.13. The highest BCUT2D eigenvalue weighted by molar-refractivity contribution is 8.13. The number of carbonyl (C=O) groups is 1. The minimum absolute atomic E-state index is 0.00267. The van der Waals surface area contributed by atoms with Gasteiger partial charge in [-0.15, -0.1) is 0 Å². The largest absolute Gasteiger partial charge is 0.416 e. The van der Waals surface area contributed by atoms with E-state index in [1.54, 1.807) is 0 Å². The monoisotopic (exact) mass is 446 g/mol. The van der Waals surface area contributed by atoms with Crippen LogP contribution >= 0.6 is 11.8 Å². The normalized spacial score (nSPS) is 14.8. The number of thioether (sulfide) groups is 1. The van der Waals surface area contributed by atoms with Crippen molar-refractivity contribution in [1.29, 1.82) is 0 Å². The Morgan fingerprint density at radius 3 is 2.20 bits per heavy atom. The molecule has 30 heavy (non-hydrogen) atoms. The van der Waals surface area contributed by atoms with E-state index in [1.165, 1.54) is 11.8 Å². The topological polar surface area (TPSA) is 32.7 Å². The van der Waals surface area contributed by atoms with Crippen LogP contribution in [-0.4, -0.2) is 29.1 Å². The molecule has 0 unspecified atom stereocenters. The van der Waals surface area contributed by atoms with Gasteiger partial charge in [-0.25, -0.2) is 0 Å². The third-order valence-electron chi connectivity index (χ3n) is 4.50. The molecule has 10 heteroatoms. The lowest BCUT2D eigenvalue weighted by molar-refractivity contribution is -0.143. The van der Waals surface area contributed by atoms with Crippen molar-refractivity contribution in [2.24, 2.45) is 4.99 Å². The summed E-state index contributed by atoms with van der Waals surface area (Å²) in [5.74, 6) is -0.480. The summed E-state index contributed by atoms with van der Waals surface area (Å²) in [6.07, 6.45) is -10.0. The standard InChI is InChI=1S/C20H16F6N2OS/c1-12-4-2-3-5-13(12)11-30-18-27-6-7-28(18)17(29)14-8-15(19(21,22)23)10-16(9-14)20(24,25)26/h2-5,8-10H,6-7,11H2,1H3. The van der Waals surface area contributed by atoms with Gasteiger partial charge in [0, 0.05) is 17.9 Å². The van der Waals surface area contributed by atoms with Crippen molar-refractivity contribution in [1.82, 2.24) is 4.90 Å². The van der Waals surface area contributed by atoms with Gasteiger partial charge in [0.1, 0.15) is 0 Å². The molecule has 160 valence electrons. The first-order valence-electron chi connectivity index (χ1n) is 8.80. The molecule has 0 radical (unpaired) electrons. The molecule has 0 saturated carbocycles. The van der Waals surface area contributed by atoms with Gasteiger partial charge >= 0.3 is 12.4 Å². The molecule has 1 heterocycles. The van der Waals surface area contributed by atoms with Crippen molar-refractivity contribution >= 4 is 22.8 Å². The molecule has 1 amide bonds. The second-order valence-electron chi connectivity index (χ2n) is 6.63. The molecular formula is C20H16F6N2OS. The molecular weight excluding hydrogens is 430 g/mol. The van der Waals surface area contributed by atoms with Gasteiger partial charge in [0.05, 0.1) is 17.7 Å². The van der Waals surface area contributed by atoms with E-state index in [-0.39, 0.29) is 24.3 Å². The fraction of sp³-hybridized carbons (Fsp3) is 0.300. The molecule has 1 aliphatic rings. The van der Waals surface area contributed by atoms with E-state index in [0.717, 1.165) is 16.0 Å². The zero-order valence-corrected chi connectivity index (χ0v) is 16.5. The number of alkyl halides is 6. The molecule has 2 aromatic rings. The second kappa shape index (κ2) is 8.33. The summed E-state index contributed by atoms with van der Waals surface area (Å²) in [6.45, 7) is 2.23. The molecule has 0 aromatic heterocycles. The van der Waals surface area contributed by atoms with Gasteiger partial charge in [0.15, 0.2) is 5.17 Å². The summed E-state index contributed by atoms with van der Waals surface area (Å²) in [7, 11) is 0. The van der Waals surface area contributed by atoms with E-state index >= 15 is 0 Å². The Morgan fingerprint density at radius 1 is 1.03 bits per heavy atom. The van der Waals surface area contributed by atoms with E-state index in [0.29, 0.717) is 17.9 Å². The van der Waals surface area contributed by atoms with Crippen LogP contribution in [0.2, 0.25) is 0 Å². The van der Waals surface area contributed by atoms with Gasteiger partial charge in [0.25, 0.3) is 5.91 Å². The third-order valence-corrected chi connectivity index (χ3v) is 5.56. The maximum Gasteiger partial charge on any atom is 0.416 e. The van der Waals surface area contributed by atoms with Gasteiger partial charge in [-0.3, -0.25) is 14.7 Å². The van der Waals surface area contributed by atoms with E-state index in [9.17, 15) is 31.1 Å². The highest BCUT2D eigenvalue weighted by atomic mass is 32.2. The fourth-order valence-corrected chi connectivity index (χ4v) is 4.01. The Morgan fingerprint density at radius 2 is 1.63 bits per heavy atom. The van der Waals surface area contributed by atoms with Crippen molar-refractivity contribution in [2.45, 2.75) is 25.0 Å². The van der Waals surface area contributed by atoms with Crippen LogP contribution in [0.25, 0.3) is 0 Å². The highest BCUT2D eigenvalue weighted by Crippen LogP contribution is 2.37. The number of carbonyl (C=O) groups excluding carboxylic acids is 1. The Balaban J connectivity index is 1.86. The van der Waals surface area contributed by atoms with Gasteiger partial charge < -0.3 is 0 Å². The summed E-state index contributed by atoms with van der Waals surface area (Å²) in [5, 5.41) is 0.272. The quantitative estimate of drug-likeness (QED) is 0.560. The molecule has 2 aromatic carbocycles. The molecule has 1 aliphatic heterocycles. The van der Waals surface area contributed by atoms with Crippen molar-refractivity contribution < 1.29 is 31.1 Å². The Hall–Kier alpha value is -2.49. The van der Waals surface area contributed by atoms with Crippen LogP contribution in [0.1, 0.15) is 32.6 Å². The summed E-state index contributed by atoms with van der Waals surface area (Å²) >= 11 is 1.21. The van der Waals surface area contributed by atoms with E-state index in [4.69, 9.17) is 0 Å². The lowest BCUT2D eigenvalue weighted by Crippen LogP contribution is -2.33. The molecule has 0 saturated heterocycles. The predicted octanol–water partition coefficient (Wildman–Crippen LogP) is 5.78. The summed E-state index contributed by atoms with van der Waals surface area (Å²) in [4.78, 5) is 18.1. The first-order chi connectivity index (χ1) is 14.0. The predicted molar refractivity (Wildman–Crippen MR) is 102 cm³/mol. The first kappa shape index (κ1) is 22.2. The molecule has 3 nitrogen and oxygen atoms in total. The number of halogens is 6. The molecule has 0 N–H and O–H groups in total. The van der Waals surface area contributed by atoms with Gasteiger partial charge in [-0.2, -0.15) is 26.3 Å². The fourth-order valence-electron chi connectivity index (χ4n) is 2.89. The van der Waals surface area contributed by atoms with E-state index in [1.807, 2.05) is 31.2 Å². The zero-order chi connectivity index (χ0) is 22.1. The summed E-state index contributed by atoms with van der Waals surface area (Å²) in [5.41, 5.74) is -1.71. The van der Waals surface area contributed by atoms with Crippen LogP contribution in [0, 0.1) is 6.92 Å². The minimum atomic E-state index is -5.02. The number of nitrogens with zero attached hydrogens (tertiary/aromatic N) is 2. The zero-order valence-electron chi connectivity index (χ0n) is 15.6. The van der Waals surface area contributed by atoms with Crippen LogP contribution in [0.5, 0.6) is 0 Å². The van der Waals surface area contributed by atoms with Crippen molar-refractivity contribution in [2.75, 3.05) is 13.1 Å². The number of amidine groups is 1. The molecule has 0 fully saturated rings. The number of hydrogen-bond donors (Lipinski definition) is 0. The SMILES string of the molecule is Cc1ccccc1CSC1=NCCN1C(=O)c1cc(C(F)(F)F)cc(C(F)(F)F)c1. The number of benzene rings is 2. The maximum absolute atomic E-state index is 13.1. The van der Waals surface area contributed by atoms with Crippen molar-refractivity contribution in [3.63, 3.8) is 0 Å². The van der Waals surface area contributed by atoms with Crippen LogP contribution in [-0.2, 0) is 18.1 Å². The lowest BCUT2D eigenvalue weighted by Gasteiger charge is -2.20. The minimum Gasteiger partial charge on any atom is -0.286 e. The summed E-state index contributed by atoms with van der Waals surface area (Å²) < 4.78 is 78.5. The number of rotatable bonds is 3. The third kappa shape index (κ3) is 4.97. The van der Waals surface area contributed by atoms with Crippen LogP contribution in [0.4, 0.5) is 26.3 Å². The van der Waals surface area contributed by atoms with Crippen molar-refractivity contribution in [3.05, 3.63) is 70.3 Å². The van der Waals surface area contributed by atoms with Gasteiger partial charge in [-0.1, -0.05) is 36.0 Å².